The lowest BCUT2D eigenvalue weighted by molar-refractivity contribution is -0.522. The molecule has 0 bridgehead atoms. The van der Waals surface area contributed by atoms with E-state index in [4.69, 9.17) is 16.2 Å². The summed E-state index contributed by atoms with van der Waals surface area (Å²) in [7, 11) is 0. The second kappa shape index (κ2) is 9.09. The summed E-state index contributed by atoms with van der Waals surface area (Å²) in [6.45, 7) is 0.659. The molecule has 3 amide bonds. The first kappa shape index (κ1) is 25.4. The number of carbonyl (C=O) groups excluding carboxylic acids is 3. The molecule has 1 spiro atoms. The number of aliphatic imine (C=N–C) groups is 1. The van der Waals surface area contributed by atoms with Crippen molar-refractivity contribution in [3.05, 3.63) is 35.9 Å². The van der Waals surface area contributed by atoms with Gasteiger partial charge in [-0.1, -0.05) is 30.3 Å². The van der Waals surface area contributed by atoms with Crippen LogP contribution >= 0.6 is 0 Å². The Bertz CT molecular complexity index is 1230. The number of nitrogens with two attached hydrogens (primary N) is 2. The van der Waals surface area contributed by atoms with Gasteiger partial charge in [0.1, 0.15) is 6.04 Å². The largest absolute Gasteiger partial charge is 0.438 e. The monoisotopic (exact) mass is 541 g/mol. The van der Waals surface area contributed by atoms with Crippen LogP contribution < -0.4 is 21.8 Å². The average molecular weight is 542 g/mol. The number of likely N-dealkylation sites (tertiary alicyclic amines) is 2. The molecule has 1 aromatic rings. The Morgan fingerprint density at radius 2 is 1.79 bits per heavy atom. The highest BCUT2D eigenvalue weighted by Crippen LogP contribution is 2.43. The molecular weight excluding hydrogens is 508 g/mol. The predicted molar refractivity (Wildman–Crippen MR) is 135 cm³/mol. The van der Waals surface area contributed by atoms with Crippen LogP contribution in [0.1, 0.15) is 37.2 Å². The summed E-state index contributed by atoms with van der Waals surface area (Å²) >= 11 is 0. The molecule has 0 aliphatic carbocycles. The van der Waals surface area contributed by atoms with Crippen molar-refractivity contribution in [2.45, 2.75) is 61.2 Å². The van der Waals surface area contributed by atoms with Crippen LogP contribution in [0.3, 0.4) is 0 Å². The molecule has 208 valence electrons. The van der Waals surface area contributed by atoms with Gasteiger partial charge in [-0.05, 0) is 24.3 Å². The normalized spacial score (nSPS) is 31.9. The molecule has 14 heteroatoms. The third-order valence-corrected chi connectivity index (χ3v) is 8.62. The molecule has 3 fully saturated rings. The van der Waals surface area contributed by atoms with Gasteiger partial charge in [0.25, 0.3) is 11.4 Å². The molecule has 0 unspecified atom stereocenters. The molecule has 4 atom stereocenters. The number of hydrogen-bond acceptors (Lipinski definition) is 11. The van der Waals surface area contributed by atoms with Crippen LogP contribution in [0.15, 0.2) is 35.3 Å². The van der Waals surface area contributed by atoms with E-state index in [1.807, 2.05) is 18.2 Å². The van der Waals surface area contributed by atoms with Gasteiger partial charge in [0.2, 0.25) is 11.8 Å². The molecule has 14 nitrogen and oxygen atoms in total. The second-order valence-electron chi connectivity index (χ2n) is 10.8. The third kappa shape index (κ3) is 3.88. The van der Waals surface area contributed by atoms with Crippen LogP contribution in [0.5, 0.6) is 0 Å². The number of hydrogen-bond donors (Lipinski definition) is 6. The zero-order valence-corrected chi connectivity index (χ0v) is 21.3. The number of amides is 3. The molecule has 39 heavy (non-hydrogen) atoms. The number of nitrogens with zero attached hydrogens (tertiary/aromatic N) is 4. The molecule has 0 saturated carbocycles. The number of piperidine rings is 1. The number of aliphatic hydroxyl groups is 2. The van der Waals surface area contributed by atoms with E-state index in [0.29, 0.717) is 19.0 Å². The lowest BCUT2D eigenvalue weighted by atomic mass is 9.85. The van der Waals surface area contributed by atoms with Crippen molar-refractivity contribution < 1.29 is 34.3 Å². The van der Waals surface area contributed by atoms with E-state index in [1.165, 1.54) is 10.5 Å². The lowest BCUT2D eigenvalue weighted by Crippen LogP contribution is -2.90. The number of carbonyl (C=O) groups is 3. The minimum absolute atomic E-state index is 0.0291. The molecular formula is C25H33N8O6+. The molecule has 6 rings (SSSR count). The van der Waals surface area contributed by atoms with Crippen LogP contribution in [0, 0.1) is 0 Å². The van der Waals surface area contributed by atoms with Crippen LogP contribution in [0.2, 0.25) is 0 Å². The van der Waals surface area contributed by atoms with Crippen LogP contribution in [-0.2, 0) is 14.3 Å². The maximum Gasteiger partial charge on any atom is 0.410 e. The van der Waals surface area contributed by atoms with Crippen molar-refractivity contribution in [1.29, 1.82) is 0 Å². The van der Waals surface area contributed by atoms with Gasteiger partial charge in [0.15, 0.2) is 18.1 Å². The van der Waals surface area contributed by atoms with Crippen LogP contribution in [0.4, 0.5) is 4.79 Å². The SMILES string of the molecule is NC1=N[C@@H](CN2C(=O)CCC2=O)[C@@H]2[NH+]=C(N)N[C@]23N1C[C@H](OC(=O)N1CCC(c2ccccc2)CC1)C3(O)O. The first-order valence-electron chi connectivity index (χ1n) is 13.2. The van der Waals surface area contributed by atoms with Crippen LogP contribution in [-0.4, -0.2) is 111 Å². The second-order valence-corrected chi connectivity index (χ2v) is 10.8. The van der Waals surface area contributed by atoms with Crippen molar-refractivity contribution >= 4 is 29.8 Å². The molecule has 8 N–H and O–H groups in total. The Morgan fingerprint density at radius 1 is 1.13 bits per heavy atom. The van der Waals surface area contributed by atoms with Gasteiger partial charge in [-0.15, -0.1) is 0 Å². The van der Waals surface area contributed by atoms with Gasteiger partial charge in [-0.2, -0.15) is 0 Å². The van der Waals surface area contributed by atoms with Crippen molar-refractivity contribution in [3.8, 4) is 0 Å². The topological polar surface area (TPSA) is 201 Å². The summed E-state index contributed by atoms with van der Waals surface area (Å²) in [5.74, 6) is -3.03. The maximum atomic E-state index is 13.1. The minimum Gasteiger partial charge on any atom is -0.438 e. The number of guanidine groups is 2. The first-order chi connectivity index (χ1) is 18.6. The Morgan fingerprint density at radius 3 is 2.46 bits per heavy atom. The van der Waals surface area contributed by atoms with E-state index < -0.39 is 35.7 Å². The van der Waals surface area contributed by atoms with Crippen molar-refractivity contribution in [2.24, 2.45) is 16.5 Å². The molecule has 5 aliphatic rings. The molecule has 5 aliphatic heterocycles. The Balaban J connectivity index is 1.19. The summed E-state index contributed by atoms with van der Waals surface area (Å²) in [6, 6.07) is 8.37. The van der Waals surface area contributed by atoms with E-state index >= 15 is 0 Å². The molecule has 0 radical (unpaired) electrons. The molecule has 5 heterocycles. The van der Waals surface area contributed by atoms with Gasteiger partial charge in [-0.25, -0.2) is 15.1 Å². The summed E-state index contributed by atoms with van der Waals surface area (Å²) < 4.78 is 5.69. The fourth-order valence-corrected chi connectivity index (χ4v) is 6.59. The lowest BCUT2D eigenvalue weighted by Gasteiger charge is -2.46. The fraction of sp³-hybridized carbons (Fsp3) is 0.560. The zero-order chi connectivity index (χ0) is 27.5. The van der Waals surface area contributed by atoms with Gasteiger partial charge in [0, 0.05) is 25.9 Å². The number of benzene rings is 1. The van der Waals surface area contributed by atoms with Crippen molar-refractivity contribution in [1.82, 2.24) is 20.0 Å². The molecule has 0 aromatic heterocycles. The fourth-order valence-electron chi connectivity index (χ4n) is 6.59. The number of imide groups is 1. The van der Waals surface area contributed by atoms with Crippen molar-refractivity contribution in [2.75, 3.05) is 26.2 Å². The zero-order valence-electron chi connectivity index (χ0n) is 21.3. The van der Waals surface area contributed by atoms with E-state index in [-0.39, 0.29) is 49.7 Å². The molecule has 1 aromatic carbocycles. The number of rotatable bonds is 4. The minimum atomic E-state index is -2.67. The first-order valence-corrected chi connectivity index (χ1v) is 13.2. The summed E-state index contributed by atoms with van der Waals surface area (Å²) in [4.78, 5) is 49.2. The standard InChI is InChI=1S/C25H32N8O6/c26-21-29-20-16(12-32-18(34)6-7-19(32)35)28-22(27)33-13-17(25(37,38)24(20,33)30-21)39-23(36)31-10-8-15(9-11-31)14-4-2-1-3-5-14/h1-5,15-17,20,37-38H,6-13H2,(H2,27,28)(H3,26,29,30)/p+1/t16-,17-,20-,24-/m0/s1. The van der Waals surface area contributed by atoms with E-state index in [0.717, 1.165) is 17.7 Å². The van der Waals surface area contributed by atoms with Gasteiger partial charge in [-0.3, -0.25) is 30.1 Å². The van der Waals surface area contributed by atoms with Gasteiger partial charge in [0.05, 0.1) is 13.1 Å². The quantitative estimate of drug-likeness (QED) is 0.163. The number of nitrogens with one attached hydrogen (secondary N) is 2. The summed E-state index contributed by atoms with van der Waals surface area (Å²) in [5, 5.41) is 26.0. The van der Waals surface area contributed by atoms with E-state index in [1.54, 1.807) is 4.90 Å². The maximum absolute atomic E-state index is 13.1. The number of ether oxygens (including phenoxy) is 1. The van der Waals surface area contributed by atoms with Crippen molar-refractivity contribution in [3.63, 3.8) is 0 Å². The summed E-state index contributed by atoms with van der Waals surface area (Å²) in [5.41, 5.74) is 11.8. The molecule has 3 saturated heterocycles. The highest BCUT2D eigenvalue weighted by atomic mass is 16.6. The van der Waals surface area contributed by atoms with Crippen LogP contribution in [0.25, 0.3) is 0 Å². The Hall–Kier alpha value is -3.91. The summed E-state index contributed by atoms with van der Waals surface area (Å²) in [6.07, 6.45) is -0.319. The van der Waals surface area contributed by atoms with E-state index in [2.05, 4.69) is 27.4 Å². The Kier molecular flexibility index (Phi) is 5.91. The smallest absolute Gasteiger partial charge is 0.410 e. The third-order valence-electron chi connectivity index (χ3n) is 8.62. The van der Waals surface area contributed by atoms with Gasteiger partial charge >= 0.3 is 12.1 Å². The van der Waals surface area contributed by atoms with E-state index in [9.17, 15) is 24.6 Å². The average Bonchev–Trinajstić information content (AvgIpc) is 3.52. The Labute approximate surface area is 224 Å². The highest BCUT2D eigenvalue weighted by molar-refractivity contribution is 6.02. The highest BCUT2D eigenvalue weighted by Gasteiger charge is 2.77. The predicted octanol–water partition coefficient (Wildman–Crippen LogP) is -3.72. The van der Waals surface area contributed by atoms with Gasteiger partial charge < -0.3 is 25.6 Å².